The molecule has 1 aliphatic heterocycles. The van der Waals surface area contributed by atoms with Gasteiger partial charge in [-0.15, -0.1) is 0 Å². The van der Waals surface area contributed by atoms with Crippen molar-refractivity contribution in [2.24, 2.45) is 5.73 Å². The van der Waals surface area contributed by atoms with E-state index in [2.05, 4.69) is 10.0 Å². The summed E-state index contributed by atoms with van der Waals surface area (Å²) in [6.45, 7) is 1.09. The number of hydrogen-bond donors (Lipinski definition) is 3. The van der Waals surface area contributed by atoms with Crippen LogP contribution in [0.1, 0.15) is 19.3 Å². The van der Waals surface area contributed by atoms with Crippen LogP contribution >= 0.6 is 11.8 Å². The zero-order valence-corrected chi connectivity index (χ0v) is 19.8. The highest BCUT2D eigenvalue weighted by atomic mass is 32.2. The third kappa shape index (κ3) is 6.00. The van der Waals surface area contributed by atoms with Crippen LogP contribution in [0.25, 0.3) is 10.8 Å². The van der Waals surface area contributed by atoms with E-state index in [4.69, 9.17) is 5.73 Å². The number of nitrogens with two attached hydrogens (primary N) is 1. The van der Waals surface area contributed by atoms with Gasteiger partial charge in [-0.1, -0.05) is 30.3 Å². The van der Waals surface area contributed by atoms with E-state index >= 15 is 0 Å². The van der Waals surface area contributed by atoms with Gasteiger partial charge < -0.3 is 16.0 Å². The molecule has 8 nitrogen and oxygen atoms in total. The maximum absolute atomic E-state index is 12.9. The molecule has 0 bridgehead atoms. The molecule has 2 amide bonds. The summed E-state index contributed by atoms with van der Waals surface area (Å²) >= 11 is 1.60. The molecule has 1 aliphatic rings. The summed E-state index contributed by atoms with van der Waals surface area (Å²) < 4.78 is 27.9. The van der Waals surface area contributed by atoms with Crippen LogP contribution in [0.4, 0.5) is 0 Å². The number of hydrogen-bond acceptors (Lipinski definition) is 6. The predicted octanol–water partition coefficient (Wildman–Crippen LogP) is 1.31. The molecule has 0 radical (unpaired) electrons. The van der Waals surface area contributed by atoms with Crippen molar-refractivity contribution in [1.82, 2.24) is 14.9 Å². The quantitative estimate of drug-likeness (QED) is 0.443. The third-order valence-electron chi connectivity index (χ3n) is 5.59. The molecule has 2 atom stereocenters. The van der Waals surface area contributed by atoms with Crippen molar-refractivity contribution in [1.29, 1.82) is 0 Å². The molecule has 174 valence electrons. The van der Waals surface area contributed by atoms with Crippen molar-refractivity contribution >= 4 is 44.4 Å². The summed E-state index contributed by atoms with van der Waals surface area (Å²) in [5.74, 6) is -0.614. The van der Waals surface area contributed by atoms with Crippen LogP contribution < -0.4 is 15.8 Å². The molecule has 0 unspecified atom stereocenters. The maximum atomic E-state index is 12.9. The minimum absolute atomic E-state index is 0.0987. The number of unbranched alkanes of at least 4 members (excludes halogenated alkanes) is 1. The van der Waals surface area contributed by atoms with Gasteiger partial charge in [-0.05, 0) is 55.0 Å². The van der Waals surface area contributed by atoms with E-state index in [9.17, 15) is 18.0 Å². The fourth-order valence-electron chi connectivity index (χ4n) is 3.77. The van der Waals surface area contributed by atoms with Crippen molar-refractivity contribution in [3.8, 4) is 0 Å². The molecule has 2 aromatic carbocycles. The lowest BCUT2D eigenvalue weighted by molar-refractivity contribution is -0.137. The smallest absolute Gasteiger partial charge is 0.242 e. The van der Waals surface area contributed by atoms with Gasteiger partial charge in [-0.3, -0.25) is 9.59 Å². The highest BCUT2D eigenvalue weighted by molar-refractivity contribution is 7.99. The summed E-state index contributed by atoms with van der Waals surface area (Å²) in [5, 5.41) is 4.74. The Morgan fingerprint density at radius 3 is 2.62 bits per heavy atom. The fraction of sp³-hybridized carbons (Fsp3) is 0.455. The van der Waals surface area contributed by atoms with Gasteiger partial charge in [-0.2, -0.15) is 11.8 Å². The van der Waals surface area contributed by atoms with Gasteiger partial charge in [-0.25, -0.2) is 13.1 Å². The van der Waals surface area contributed by atoms with Gasteiger partial charge in [0.25, 0.3) is 0 Å². The Hall–Kier alpha value is -2.14. The molecule has 0 saturated carbocycles. The molecule has 0 spiro atoms. The van der Waals surface area contributed by atoms with Gasteiger partial charge in [0, 0.05) is 18.3 Å². The van der Waals surface area contributed by atoms with Crippen molar-refractivity contribution in [2.45, 2.75) is 35.4 Å². The summed E-state index contributed by atoms with van der Waals surface area (Å²) in [5.41, 5.74) is 5.48. The number of carbonyl (C=O) groups is 2. The SMILES string of the molecule is CS[C@@H]1C[C@@H](C(=O)NCCCCN)N(C(=O)CNS(=O)(=O)c2ccc3ccccc3c2)C1. The number of carbonyl (C=O) groups excluding carboxylic acids is 2. The number of rotatable bonds is 10. The van der Waals surface area contributed by atoms with E-state index in [1.807, 2.05) is 30.5 Å². The topological polar surface area (TPSA) is 122 Å². The number of likely N-dealkylation sites (tertiary alicyclic amines) is 1. The number of nitrogens with zero attached hydrogens (tertiary/aromatic N) is 1. The molecule has 1 fully saturated rings. The number of thioether (sulfide) groups is 1. The summed E-state index contributed by atoms with van der Waals surface area (Å²) in [6.07, 6.45) is 4.09. The first-order valence-corrected chi connectivity index (χ1v) is 13.4. The van der Waals surface area contributed by atoms with Crippen molar-refractivity contribution < 1.29 is 18.0 Å². The number of nitrogens with one attached hydrogen (secondary N) is 2. The first-order chi connectivity index (χ1) is 15.4. The number of fused-ring (bicyclic) bond motifs is 1. The van der Waals surface area contributed by atoms with Crippen molar-refractivity contribution in [3.63, 3.8) is 0 Å². The fourth-order valence-corrected chi connectivity index (χ4v) is 5.46. The van der Waals surface area contributed by atoms with E-state index in [0.29, 0.717) is 26.1 Å². The van der Waals surface area contributed by atoms with Gasteiger partial charge in [0.2, 0.25) is 21.8 Å². The van der Waals surface area contributed by atoms with Gasteiger partial charge in [0.05, 0.1) is 11.4 Å². The number of amides is 2. The van der Waals surface area contributed by atoms with Crippen LogP contribution in [0.5, 0.6) is 0 Å². The van der Waals surface area contributed by atoms with E-state index in [0.717, 1.165) is 23.6 Å². The normalized spacial score (nSPS) is 18.8. The van der Waals surface area contributed by atoms with E-state index in [1.165, 1.54) is 11.0 Å². The minimum atomic E-state index is -3.87. The molecule has 0 aromatic heterocycles. The average molecular weight is 479 g/mol. The third-order valence-corrected chi connectivity index (χ3v) is 8.00. The first-order valence-electron chi connectivity index (χ1n) is 10.6. The first kappa shape index (κ1) is 24.5. The van der Waals surface area contributed by atoms with Crippen molar-refractivity contribution in [2.75, 3.05) is 32.4 Å². The zero-order valence-electron chi connectivity index (χ0n) is 18.1. The van der Waals surface area contributed by atoms with Gasteiger partial charge >= 0.3 is 0 Å². The van der Waals surface area contributed by atoms with Gasteiger partial charge in [0.15, 0.2) is 0 Å². The Labute approximate surface area is 193 Å². The Morgan fingerprint density at radius 1 is 1.16 bits per heavy atom. The highest BCUT2D eigenvalue weighted by Gasteiger charge is 2.39. The Morgan fingerprint density at radius 2 is 1.91 bits per heavy atom. The van der Waals surface area contributed by atoms with Crippen LogP contribution in [-0.4, -0.2) is 68.9 Å². The summed E-state index contributed by atoms with van der Waals surface area (Å²) in [4.78, 5) is 27.1. The largest absolute Gasteiger partial charge is 0.354 e. The molecule has 2 aromatic rings. The number of benzene rings is 2. The van der Waals surface area contributed by atoms with Gasteiger partial charge in [0.1, 0.15) is 6.04 Å². The molecule has 3 rings (SSSR count). The molecule has 0 aliphatic carbocycles. The highest BCUT2D eigenvalue weighted by Crippen LogP contribution is 2.26. The van der Waals surface area contributed by atoms with Crippen LogP contribution in [0.2, 0.25) is 0 Å². The second-order valence-electron chi connectivity index (χ2n) is 7.78. The second kappa shape index (κ2) is 11.1. The van der Waals surface area contributed by atoms with Crippen molar-refractivity contribution in [3.05, 3.63) is 42.5 Å². The summed E-state index contributed by atoms with van der Waals surface area (Å²) in [7, 11) is -3.87. The molecule has 32 heavy (non-hydrogen) atoms. The van der Waals surface area contributed by atoms with Crippen LogP contribution in [0.3, 0.4) is 0 Å². The summed E-state index contributed by atoms with van der Waals surface area (Å²) in [6, 6.07) is 11.7. The zero-order chi connectivity index (χ0) is 23.1. The Balaban J connectivity index is 1.64. The van der Waals surface area contributed by atoms with E-state index in [1.54, 1.807) is 23.9 Å². The van der Waals surface area contributed by atoms with Crippen LogP contribution in [-0.2, 0) is 19.6 Å². The molecule has 4 N–H and O–H groups in total. The lowest BCUT2D eigenvalue weighted by atomic mass is 10.1. The lowest BCUT2D eigenvalue weighted by Crippen LogP contribution is -2.49. The maximum Gasteiger partial charge on any atom is 0.242 e. The van der Waals surface area contributed by atoms with Crippen LogP contribution in [0.15, 0.2) is 47.4 Å². The molecule has 10 heteroatoms. The lowest BCUT2D eigenvalue weighted by Gasteiger charge is -2.24. The number of sulfonamides is 1. The van der Waals surface area contributed by atoms with Crippen LogP contribution in [0, 0.1) is 0 Å². The minimum Gasteiger partial charge on any atom is -0.354 e. The monoisotopic (exact) mass is 478 g/mol. The van der Waals surface area contributed by atoms with E-state index < -0.39 is 28.5 Å². The standard InChI is InChI=1S/C22H30N4O4S2/c1-31-18-13-20(22(28)24-11-5-4-10-23)26(15-18)21(27)14-25-32(29,30)19-9-8-16-6-2-3-7-17(16)12-19/h2-3,6-9,12,18,20,25H,4-5,10-11,13-15,23H2,1H3,(H,24,28)/t18-,20+/m1/s1. The second-order valence-corrected chi connectivity index (χ2v) is 10.7. The Bertz CT molecular complexity index is 1060. The molecular weight excluding hydrogens is 448 g/mol. The van der Waals surface area contributed by atoms with E-state index in [-0.39, 0.29) is 16.1 Å². The predicted molar refractivity (Wildman–Crippen MR) is 128 cm³/mol. The molecule has 1 saturated heterocycles. The Kier molecular flexibility index (Phi) is 8.52. The molecular formula is C22H30N4O4S2. The molecule has 1 heterocycles. The average Bonchev–Trinajstić information content (AvgIpc) is 3.25.